The van der Waals surface area contributed by atoms with Crippen molar-refractivity contribution >= 4 is 6.09 Å². The predicted octanol–water partition coefficient (Wildman–Crippen LogP) is 5.76. The molecule has 1 N–H and O–H groups in total. The normalized spacial score (nSPS) is 14.8. The fourth-order valence-electron chi connectivity index (χ4n) is 3.61. The zero-order valence-corrected chi connectivity index (χ0v) is 15.6. The summed E-state index contributed by atoms with van der Waals surface area (Å²) in [5.74, 6) is 1.84. The second kappa shape index (κ2) is 9.36. The molecule has 1 amide bonds. The maximum atomic E-state index is 13.3. The molecule has 0 aromatic heterocycles. The lowest BCUT2D eigenvalue weighted by Gasteiger charge is -2.23. The van der Waals surface area contributed by atoms with Crippen molar-refractivity contribution in [2.75, 3.05) is 0 Å². The third kappa shape index (κ3) is 5.10. The van der Waals surface area contributed by atoms with E-state index in [1.54, 1.807) is 24.3 Å². The molecule has 5 heteroatoms. The van der Waals surface area contributed by atoms with E-state index >= 15 is 0 Å². The Labute approximate surface area is 164 Å². The Morgan fingerprint density at radius 3 is 1.79 bits per heavy atom. The van der Waals surface area contributed by atoms with Gasteiger partial charge in [-0.05, 0) is 48.2 Å². The summed E-state index contributed by atoms with van der Waals surface area (Å²) in [6.45, 7) is 0. The number of nitrogens with zero attached hydrogens (tertiary/aromatic N) is 1. The molecule has 1 fully saturated rings. The lowest BCUT2D eigenvalue weighted by atomic mass is 9.92. The summed E-state index contributed by atoms with van der Waals surface area (Å²) in [5.41, 5.74) is 1.46. The van der Waals surface area contributed by atoms with Crippen LogP contribution in [0, 0.1) is 23.6 Å². The van der Waals surface area contributed by atoms with Crippen LogP contribution in [0.4, 0.5) is 13.6 Å². The first-order valence-corrected chi connectivity index (χ1v) is 9.59. The second-order valence-corrected chi connectivity index (χ2v) is 7.09. The van der Waals surface area contributed by atoms with Crippen molar-refractivity contribution in [1.82, 2.24) is 4.90 Å². The molecule has 3 nitrogen and oxygen atoms in total. The van der Waals surface area contributed by atoms with E-state index in [0.717, 1.165) is 49.7 Å². The maximum Gasteiger partial charge on any atom is 0.419 e. The Hall–Kier alpha value is -2.87. The number of hydrogen-bond acceptors (Lipinski definition) is 1. The lowest BCUT2D eigenvalue weighted by Crippen LogP contribution is -2.35. The van der Waals surface area contributed by atoms with Crippen LogP contribution in [0.5, 0.6) is 0 Å². The monoisotopic (exact) mass is 383 g/mol. The second-order valence-electron chi connectivity index (χ2n) is 7.09. The van der Waals surface area contributed by atoms with Crippen molar-refractivity contribution in [2.24, 2.45) is 0 Å². The number of rotatable bonds is 3. The van der Waals surface area contributed by atoms with E-state index in [9.17, 15) is 18.7 Å². The van der Waals surface area contributed by atoms with Crippen molar-refractivity contribution < 1.29 is 18.7 Å². The molecule has 0 unspecified atom stereocenters. The van der Waals surface area contributed by atoms with Crippen molar-refractivity contribution in [3.05, 3.63) is 71.3 Å². The van der Waals surface area contributed by atoms with E-state index in [2.05, 4.69) is 12.0 Å². The molecule has 1 aliphatic carbocycles. The van der Waals surface area contributed by atoms with Crippen molar-refractivity contribution in [1.29, 1.82) is 0 Å². The van der Waals surface area contributed by atoms with E-state index in [1.807, 2.05) is 0 Å². The van der Waals surface area contributed by atoms with Gasteiger partial charge in [0.25, 0.3) is 0 Å². The molecule has 0 bridgehead atoms. The highest BCUT2D eigenvalue weighted by atomic mass is 19.1. The number of halogens is 2. The van der Waals surface area contributed by atoms with Gasteiger partial charge in [0.1, 0.15) is 11.6 Å². The van der Waals surface area contributed by atoms with Crippen LogP contribution in [0.25, 0.3) is 0 Å². The number of benzene rings is 2. The fourth-order valence-corrected chi connectivity index (χ4v) is 3.61. The minimum Gasteiger partial charge on any atom is -0.464 e. The maximum absolute atomic E-state index is 13.3. The first-order chi connectivity index (χ1) is 13.5. The van der Waals surface area contributed by atoms with Gasteiger partial charge in [0, 0.05) is 12.1 Å². The summed E-state index contributed by atoms with van der Waals surface area (Å²) in [4.78, 5) is 13.0. The van der Waals surface area contributed by atoms with E-state index < -0.39 is 12.0 Å². The molecule has 1 saturated carbocycles. The zero-order chi connectivity index (χ0) is 19.9. The van der Waals surface area contributed by atoms with E-state index in [0.29, 0.717) is 0 Å². The van der Waals surface area contributed by atoms with Gasteiger partial charge in [-0.2, -0.15) is 0 Å². The third-order valence-electron chi connectivity index (χ3n) is 5.13. The lowest BCUT2D eigenvalue weighted by molar-refractivity contribution is 0.148. The molecule has 3 rings (SSSR count). The molecular weight excluding hydrogens is 360 g/mol. The van der Waals surface area contributed by atoms with Crippen LogP contribution in [0.15, 0.2) is 48.5 Å². The van der Waals surface area contributed by atoms with Gasteiger partial charge in [0.05, 0.1) is 5.92 Å². The Morgan fingerprint density at radius 2 is 1.36 bits per heavy atom. The minimum atomic E-state index is -1.06. The number of hydrogen-bond donors (Lipinski definition) is 1. The Balaban J connectivity index is 1.94. The summed E-state index contributed by atoms with van der Waals surface area (Å²) in [6.07, 6.45) is 4.77. The summed E-state index contributed by atoms with van der Waals surface area (Å²) in [5, 5.41) is 9.67. The van der Waals surface area contributed by atoms with Gasteiger partial charge in [-0.1, -0.05) is 55.9 Å². The summed E-state index contributed by atoms with van der Waals surface area (Å²) in [6, 6.07) is 14.6. The van der Waals surface area contributed by atoms with Crippen molar-refractivity contribution in [2.45, 2.75) is 50.5 Å². The Bertz CT molecular complexity index is 799. The first kappa shape index (κ1) is 19.9. The molecule has 0 atom stereocenters. The molecule has 0 saturated heterocycles. The van der Waals surface area contributed by atoms with Gasteiger partial charge in [-0.15, -0.1) is 0 Å². The average Bonchev–Trinajstić information content (AvgIpc) is 2.96. The van der Waals surface area contributed by atoms with Gasteiger partial charge in [0.2, 0.25) is 0 Å². The van der Waals surface area contributed by atoms with Crippen LogP contribution >= 0.6 is 0 Å². The van der Waals surface area contributed by atoms with E-state index in [4.69, 9.17) is 0 Å². The molecule has 1 aliphatic rings. The van der Waals surface area contributed by atoms with Gasteiger partial charge in [0.15, 0.2) is 0 Å². The molecular formula is C23H23F2NO2. The summed E-state index contributed by atoms with van der Waals surface area (Å²) >= 11 is 0. The van der Waals surface area contributed by atoms with Crippen LogP contribution < -0.4 is 0 Å². The van der Waals surface area contributed by atoms with Crippen molar-refractivity contribution in [3.8, 4) is 12.0 Å². The molecule has 2 aromatic rings. The molecule has 2 aromatic carbocycles. The highest BCUT2D eigenvalue weighted by molar-refractivity contribution is 5.68. The van der Waals surface area contributed by atoms with Gasteiger partial charge < -0.3 is 5.11 Å². The standard InChI is InChI=1S/C23H23F2NO2/c24-19-11-7-17(8-12-19)22(18-9-13-20(25)14-10-18)15-16-26(23(27)28)21-5-3-1-2-4-6-21/h7-14,21-22H,1-6H2,(H,27,28). The van der Waals surface area contributed by atoms with Crippen LogP contribution in [0.1, 0.15) is 55.6 Å². The van der Waals surface area contributed by atoms with E-state index in [1.165, 1.54) is 29.2 Å². The Kier molecular flexibility index (Phi) is 6.65. The largest absolute Gasteiger partial charge is 0.464 e. The topological polar surface area (TPSA) is 40.5 Å². The molecule has 146 valence electrons. The predicted molar refractivity (Wildman–Crippen MR) is 104 cm³/mol. The molecule has 0 heterocycles. The number of carboxylic acid groups (broad SMARTS) is 1. The highest BCUT2D eigenvalue weighted by Gasteiger charge is 2.23. The molecule has 0 radical (unpaired) electrons. The quantitative estimate of drug-likeness (QED) is 0.416. The van der Waals surface area contributed by atoms with Gasteiger partial charge >= 0.3 is 6.09 Å². The van der Waals surface area contributed by atoms with Crippen LogP contribution in [-0.2, 0) is 0 Å². The zero-order valence-electron chi connectivity index (χ0n) is 15.6. The number of amides is 1. The number of carbonyl (C=O) groups is 1. The Morgan fingerprint density at radius 1 is 0.893 bits per heavy atom. The van der Waals surface area contributed by atoms with Crippen LogP contribution in [0.2, 0.25) is 0 Å². The summed E-state index contributed by atoms with van der Waals surface area (Å²) < 4.78 is 26.7. The fraction of sp³-hybridized carbons (Fsp3) is 0.348. The smallest absolute Gasteiger partial charge is 0.419 e. The van der Waals surface area contributed by atoms with E-state index in [-0.39, 0.29) is 17.7 Å². The minimum absolute atomic E-state index is 0.116. The SMILES string of the molecule is O=C(O)N(C#CC(c1ccc(F)cc1)c1ccc(F)cc1)C1CCCCCC1. The van der Waals surface area contributed by atoms with Gasteiger partial charge in [-0.25, -0.2) is 18.5 Å². The summed E-state index contributed by atoms with van der Waals surface area (Å²) in [7, 11) is 0. The third-order valence-corrected chi connectivity index (χ3v) is 5.13. The van der Waals surface area contributed by atoms with Crippen molar-refractivity contribution in [3.63, 3.8) is 0 Å². The molecule has 0 aliphatic heterocycles. The molecule has 0 spiro atoms. The average molecular weight is 383 g/mol. The van der Waals surface area contributed by atoms with Crippen LogP contribution in [0.3, 0.4) is 0 Å². The highest BCUT2D eigenvalue weighted by Crippen LogP contribution is 2.26. The van der Waals surface area contributed by atoms with Gasteiger partial charge in [-0.3, -0.25) is 0 Å². The van der Waals surface area contributed by atoms with Crippen LogP contribution in [-0.4, -0.2) is 22.1 Å². The molecule has 28 heavy (non-hydrogen) atoms. The first-order valence-electron chi connectivity index (χ1n) is 9.59.